The van der Waals surface area contributed by atoms with Crippen molar-refractivity contribution in [1.82, 2.24) is 9.55 Å². The molecule has 0 amide bonds. The van der Waals surface area contributed by atoms with Crippen molar-refractivity contribution in [2.45, 2.75) is 20.4 Å². The average Bonchev–Trinajstić information content (AvgIpc) is 2.31. The number of nitrogens with zero attached hydrogens (tertiary/aromatic N) is 2. The van der Waals surface area contributed by atoms with Gasteiger partial charge in [-0.3, -0.25) is 0 Å². The summed E-state index contributed by atoms with van der Waals surface area (Å²) < 4.78 is 7.06. The molecule has 62 valence electrons. The first-order chi connectivity index (χ1) is 5.25. The third kappa shape index (κ3) is 1.80. The number of rotatable bonds is 3. The van der Waals surface area contributed by atoms with E-state index in [1.165, 1.54) is 5.69 Å². The Morgan fingerprint density at radius 2 is 2.27 bits per heavy atom. The van der Waals surface area contributed by atoms with Crippen LogP contribution in [0.2, 0.25) is 0 Å². The van der Waals surface area contributed by atoms with Crippen molar-refractivity contribution in [3.8, 4) is 0 Å². The monoisotopic (exact) mass is 154 g/mol. The summed E-state index contributed by atoms with van der Waals surface area (Å²) in [6.45, 7) is 5.72. The molecule has 0 aliphatic carbocycles. The van der Waals surface area contributed by atoms with Crippen molar-refractivity contribution >= 4 is 0 Å². The lowest BCUT2D eigenvalue weighted by Crippen LogP contribution is -2.04. The quantitative estimate of drug-likeness (QED) is 0.653. The van der Waals surface area contributed by atoms with Gasteiger partial charge in [-0.05, 0) is 13.8 Å². The lowest BCUT2D eigenvalue weighted by Gasteiger charge is -2.02. The van der Waals surface area contributed by atoms with Crippen LogP contribution >= 0.6 is 0 Å². The number of ether oxygens (including phenoxy) is 1. The number of aryl methyl sites for hydroxylation is 1. The summed E-state index contributed by atoms with van der Waals surface area (Å²) in [5.41, 5.74) is 2.32. The summed E-state index contributed by atoms with van der Waals surface area (Å²) in [4.78, 5) is 4.18. The SMILES string of the molecule is COCCn1cnc(C)c1C. The van der Waals surface area contributed by atoms with Gasteiger partial charge in [0.05, 0.1) is 18.6 Å². The minimum absolute atomic E-state index is 0.747. The molecule has 11 heavy (non-hydrogen) atoms. The molecule has 0 radical (unpaired) electrons. The van der Waals surface area contributed by atoms with Crippen LogP contribution in [0.3, 0.4) is 0 Å². The lowest BCUT2D eigenvalue weighted by atomic mass is 10.4. The van der Waals surface area contributed by atoms with Crippen LogP contribution in [0.5, 0.6) is 0 Å². The predicted octanol–water partition coefficient (Wildman–Crippen LogP) is 1.15. The van der Waals surface area contributed by atoms with E-state index in [0.29, 0.717) is 0 Å². The minimum Gasteiger partial charge on any atom is -0.383 e. The van der Waals surface area contributed by atoms with E-state index in [9.17, 15) is 0 Å². The summed E-state index contributed by atoms with van der Waals surface area (Å²) in [5, 5.41) is 0. The van der Waals surface area contributed by atoms with Gasteiger partial charge in [0.15, 0.2) is 0 Å². The third-order valence-electron chi connectivity index (χ3n) is 1.88. The zero-order valence-corrected chi connectivity index (χ0v) is 7.29. The molecule has 0 N–H and O–H groups in total. The summed E-state index contributed by atoms with van der Waals surface area (Å²) in [6, 6.07) is 0. The van der Waals surface area contributed by atoms with Crippen LogP contribution in [0.25, 0.3) is 0 Å². The first-order valence-corrected chi connectivity index (χ1v) is 3.73. The normalized spacial score (nSPS) is 10.5. The van der Waals surface area contributed by atoms with Crippen LogP contribution in [0, 0.1) is 13.8 Å². The highest BCUT2D eigenvalue weighted by Gasteiger charge is 1.99. The van der Waals surface area contributed by atoms with Gasteiger partial charge in [0.1, 0.15) is 0 Å². The fourth-order valence-electron chi connectivity index (χ4n) is 0.959. The Balaban J connectivity index is 2.63. The van der Waals surface area contributed by atoms with Gasteiger partial charge in [-0.25, -0.2) is 4.98 Å². The second-order valence-electron chi connectivity index (χ2n) is 2.60. The molecule has 0 unspecified atom stereocenters. The molecule has 0 saturated carbocycles. The average molecular weight is 154 g/mol. The first-order valence-electron chi connectivity index (χ1n) is 3.73. The molecule has 0 atom stereocenters. The first kappa shape index (κ1) is 8.27. The number of imidazole rings is 1. The van der Waals surface area contributed by atoms with Gasteiger partial charge in [-0.2, -0.15) is 0 Å². The molecule has 0 aliphatic rings. The Kier molecular flexibility index (Phi) is 2.65. The summed E-state index contributed by atoms with van der Waals surface area (Å²) in [7, 11) is 1.71. The number of methoxy groups -OCH3 is 1. The second kappa shape index (κ2) is 3.53. The molecular weight excluding hydrogens is 140 g/mol. The predicted molar refractivity (Wildman–Crippen MR) is 43.6 cm³/mol. The van der Waals surface area contributed by atoms with Gasteiger partial charge in [-0.15, -0.1) is 0 Å². The molecule has 3 nitrogen and oxygen atoms in total. The van der Waals surface area contributed by atoms with Crippen LogP contribution in [-0.2, 0) is 11.3 Å². The summed E-state index contributed by atoms with van der Waals surface area (Å²) in [6.07, 6.45) is 1.85. The third-order valence-corrected chi connectivity index (χ3v) is 1.88. The Morgan fingerprint density at radius 3 is 2.73 bits per heavy atom. The second-order valence-corrected chi connectivity index (χ2v) is 2.60. The van der Waals surface area contributed by atoms with Crippen molar-refractivity contribution in [2.75, 3.05) is 13.7 Å². The van der Waals surface area contributed by atoms with Gasteiger partial charge in [0, 0.05) is 19.3 Å². The molecule has 1 rings (SSSR count). The number of hydrogen-bond donors (Lipinski definition) is 0. The van der Waals surface area contributed by atoms with Gasteiger partial charge in [-0.1, -0.05) is 0 Å². The van der Waals surface area contributed by atoms with Crippen LogP contribution in [0.4, 0.5) is 0 Å². The maximum atomic E-state index is 4.96. The molecule has 0 aromatic carbocycles. The highest BCUT2D eigenvalue weighted by atomic mass is 16.5. The Labute approximate surface area is 67.0 Å². The van der Waals surface area contributed by atoms with Gasteiger partial charge >= 0.3 is 0 Å². The van der Waals surface area contributed by atoms with Crippen LogP contribution < -0.4 is 0 Å². The molecule has 1 aromatic rings. The van der Waals surface area contributed by atoms with E-state index in [1.54, 1.807) is 7.11 Å². The van der Waals surface area contributed by atoms with E-state index in [4.69, 9.17) is 4.74 Å². The van der Waals surface area contributed by atoms with Crippen molar-refractivity contribution in [2.24, 2.45) is 0 Å². The van der Waals surface area contributed by atoms with E-state index in [2.05, 4.69) is 16.5 Å². The lowest BCUT2D eigenvalue weighted by molar-refractivity contribution is 0.186. The maximum Gasteiger partial charge on any atom is 0.0952 e. The topological polar surface area (TPSA) is 27.1 Å². The molecule has 0 bridgehead atoms. The Bertz CT molecular complexity index is 230. The van der Waals surface area contributed by atoms with E-state index < -0.39 is 0 Å². The zero-order chi connectivity index (χ0) is 8.27. The van der Waals surface area contributed by atoms with E-state index in [0.717, 1.165) is 18.8 Å². The van der Waals surface area contributed by atoms with Crippen molar-refractivity contribution in [3.63, 3.8) is 0 Å². The smallest absolute Gasteiger partial charge is 0.0952 e. The van der Waals surface area contributed by atoms with Gasteiger partial charge in [0.25, 0.3) is 0 Å². The van der Waals surface area contributed by atoms with Gasteiger partial charge < -0.3 is 9.30 Å². The van der Waals surface area contributed by atoms with Crippen molar-refractivity contribution in [1.29, 1.82) is 0 Å². The Morgan fingerprint density at radius 1 is 1.55 bits per heavy atom. The molecule has 1 heterocycles. The molecule has 0 saturated heterocycles. The van der Waals surface area contributed by atoms with Crippen LogP contribution in [-0.4, -0.2) is 23.3 Å². The van der Waals surface area contributed by atoms with E-state index in [-0.39, 0.29) is 0 Å². The maximum absolute atomic E-state index is 4.96. The highest BCUT2D eigenvalue weighted by molar-refractivity contribution is 5.08. The van der Waals surface area contributed by atoms with E-state index >= 15 is 0 Å². The number of hydrogen-bond acceptors (Lipinski definition) is 2. The van der Waals surface area contributed by atoms with Crippen molar-refractivity contribution in [3.05, 3.63) is 17.7 Å². The molecule has 0 fully saturated rings. The van der Waals surface area contributed by atoms with Crippen LogP contribution in [0.15, 0.2) is 6.33 Å². The van der Waals surface area contributed by atoms with Crippen molar-refractivity contribution < 1.29 is 4.74 Å². The van der Waals surface area contributed by atoms with Gasteiger partial charge in [0.2, 0.25) is 0 Å². The van der Waals surface area contributed by atoms with E-state index in [1.807, 2.05) is 13.3 Å². The summed E-state index contributed by atoms with van der Waals surface area (Å²) in [5.74, 6) is 0. The standard InChI is InChI=1S/C8H14N2O/c1-7-8(2)10(6-9-7)4-5-11-3/h6H,4-5H2,1-3H3. The largest absolute Gasteiger partial charge is 0.383 e. The molecule has 0 spiro atoms. The fraction of sp³-hybridized carbons (Fsp3) is 0.625. The zero-order valence-electron chi connectivity index (χ0n) is 7.29. The molecular formula is C8H14N2O. The number of aromatic nitrogens is 2. The molecule has 1 aromatic heterocycles. The molecule has 0 aliphatic heterocycles. The summed E-state index contributed by atoms with van der Waals surface area (Å²) >= 11 is 0. The fourth-order valence-corrected chi connectivity index (χ4v) is 0.959. The highest BCUT2D eigenvalue weighted by Crippen LogP contribution is 2.02. The minimum atomic E-state index is 0.747. The Hall–Kier alpha value is -0.830. The molecule has 3 heteroatoms. The van der Waals surface area contributed by atoms with Crippen LogP contribution in [0.1, 0.15) is 11.4 Å².